The van der Waals surface area contributed by atoms with E-state index in [9.17, 15) is 9.18 Å². The van der Waals surface area contributed by atoms with Gasteiger partial charge in [0, 0.05) is 18.7 Å². The average Bonchev–Trinajstić information content (AvgIpc) is 2.54. The zero-order valence-corrected chi connectivity index (χ0v) is 15.9. The molecule has 0 bridgehead atoms. The minimum Gasteiger partial charge on any atom is -0.465 e. The SMILES string of the molecule is C=C1CC(CC)CC(C)(CN(C)Cc2ccc(C(=O)OC)cc2F)C1. The Morgan fingerprint density at radius 3 is 2.80 bits per heavy atom. The lowest BCUT2D eigenvalue weighted by molar-refractivity contribution is 0.0600. The lowest BCUT2D eigenvalue weighted by Gasteiger charge is -2.41. The highest BCUT2D eigenvalue weighted by molar-refractivity contribution is 5.89. The van der Waals surface area contributed by atoms with Crippen molar-refractivity contribution in [3.8, 4) is 0 Å². The van der Waals surface area contributed by atoms with Crippen LogP contribution >= 0.6 is 0 Å². The molecule has 2 rings (SSSR count). The van der Waals surface area contributed by atoms with E-state index in [4.69, 9.17) is 0 Å². The summed E-state index contributed by atoms with van der Waals surface area (Å²) in [6.45, 7) is 10.2. The Morgan fingerprint density at radius 1 is 1.48 bits per heavy atom. The molecule has 25 heavy (non-hydrogen) atoms. The molecule has 1 fully saturated rings. The summed E-state index contributed by atoms with van der Waals surface area (Å²) in [4.78, 5) is 13.7. The summed E-state index contributed by atoms with van der Waals surface area (Å²) in [5.74, 6) is -0.173. The van der Waals surface area contributed by atoms with Crippen molar-refractivity contribution < 1.29 is 13.9 Å². The van der Waals surface area contributed by atoms with Crippen molar-refractivity contribution in [2.75, 3.05) is 20.7 Å². The Bertz CT molecular complexity index is 643. The maximum absolute atomic E-state index is 14.3. The minimum atomic E-state index is -0.516. The number of hydrogen-bond donors (Lipinski definition) is 0. The second kappa shape index (κ2) is 8.13. The number of carbonyl (C=O) groups is 1. The minimum absolute atomic E-state index is 0.188. The molecule has 0 amide bonds. The number of hydrogen-bond acceptors (Lipinski definition) is 3. The van der Waals surface area contributed by atoms with Gasteiger partial charge in [-0.15, -0.1) is 0 Å². The van der Waals surface area contributed by atoms with Crippen LogP contribution in [0, 0.1) is 17.2 Å². The van der Waals surface area contributed by atoms with Crippen LogP contribution in [0.15, 0.2) is 30.4 Å². The predicted molar refractivity (Wildman–Crippen MR) is 99.0 cm³/mol. The second-order valence-corrected chi connectivity index (χ2v) is 7.89. The lowest BCUT2D eigenvalue weighted by atomic mass is 9.68. The topological polar surface area (TPSA) is 29.5 Å². The average molecular weight is 347 g/mol. The number of esters is 1. The van der Waals surface area contributed by atoms with Gasteiger partial charge >= 0.3 is 5.97 Å². The molecule has 4 heteroatoms. The van der Waals surface area contributed by atoms with Crippen molar-refractivity contribution in [3.63, 3.8) is 0 Å². The highest BCUT2D eigenvalue weighted by Crippen LogP contribution is 2.43. The van der Waals surface area contributed by atoms with Crippen LogP contribution < -0.4 is 0 Å². The second-order valence-electron chi connectivity index (χ2n) is 7.89. The summed E-state index contributed by atoms with van der Waals surface area (Å²) < 4.78 is 18.9. The lowest BCUT2D eigenvalue weighted by Crippen LogP contribution is -2.37. The van der Waals surface area contributed by atoms with Crippen LogP contribution in [0.4, 0.5) is 4.39 Å². The number of ether oxygens (including phenoxy) is 1. The molecule has 1 aromatic carbocycles. The van der Waals surface area contributed by atoms with Crippen molar-refractivity contribution >= 4 is 5.97 Å². The molecule has 0 N–H and O–H groups in total. The summed E-state index contributed by atoms with van der Waals surface area (Å²) >= 11 is 0. The third kappa shape index (κ3) is 5.15. The number of halogens is 1. The summed E-state index contributed by atoms with van der Waals surface area (Å²) in [6.07, 6.45) is 4.55. The van der Waals surface area contributed by atoms with Gasteiger partial charge in [0.15, 0.2) is 0 Å². The molecular formula is C21H30FNO2. The van der Waals surface area contributed by atoms with Gasteiger partial charge in [-0.1, -0.05) is 38.5 Å². The first-order chi connectivity index (χ1) is 11.8. The van der Waals surface area contributed by atoms with E-state index >= 15 is 0 Å². The van der Waals surface area contributed by atoms with Gasteiger partial charge in [-0.3, -0.25) is 0 Å². The van der Waals surface area contributed by atoms with Gasteiger partial charge in [0.05, 0.1) is 12.7 Å². The number of methoxy groups -OCH3 is 1. The van der Waals surface area contributed by atoms with Crippen LogP contribution in [0.3, 0.4) is 0 Å². The molecule has 138 valence electrons. The van der Waals surface area contributed by atoms with Gasteiger partial charge in [-0.2, -0.15) is 0 Å². The van der Waals surface area contributed by atoms with Crippen molar-refractivity contribution in [3.05, 3.63) is 47.3 Å². The third-order valence-electron chi connectivity index (χ3n) is 5.18. The first-order valence-electron chi connectivity index (χ1n) is 8.98. The van der Waals surface area contributed by atoms with Crippen molar-refractivity contribution in [1.29, 1.82) is 0 Å². The highest BCUT2D eigenvalue weighted by atomic mass is 19.1. The quantitative estimate of drug-likeness (QED) is 0.546. The Morgan fingerprint density at radius 2 is 2.20 bits per heavy atom. The molecule has 1 saturated carbocycles. The van der Waals surface area contributed by atoms with Gasteiger partial charge in [0.2, 0.25) is 0 Å². The molecule has 0 aliphatic heterocycles. The molecule has 2 atom stereocenters. The van der Waals surface area contributed by atoms with E-state index in [-0.39, 0.29) is 16.8 Å². The van der Waals surface area contributed by atoms with E-state index in [1.54, 1.807) is 12.1 Å². The Balaban J connectivity index is 2.03. The van der Waals surface area contributed by atoms with E-state index in [2.05, 4.69) is 30.1 Å². The maximum atomic E-state index is 14.3. The summed E-state index contributed by atoms with van der Waals surface area (Å²) in [5.41, 5.74) is 2.36. The molecule has 3 nitrogen and oxygen atoms in total. The van der Waals surface area contributed by atoms with Crippen LogP contribution in [0.5, 0.6) is 0 Å². The normalized spacial score (nSPS) is 23.8. The van der Waals surface area contributed by atoms with Crippen LogP contribution in [0.2, 0.25) is 0 Å². The van der Waals surface area contributed by atoms with E-state index in [1.807, 2.05) is 7.05 Å². The smallest absolute Gasteiger partial charge is 0.337 e. The van der Waals surface area contributed by atoms with Crippen LogP contribution in [-0.2, 0) is 11.3 Å². The van der Waals surface area contributed by atoms with E-state index < -0.39 is 5.97 Å². The van der Waals surface area contributed by atoms with Crippen molar-refractivity contribution in [1.82, 2.24) is 4.90 Å². The zero-order valence-electron chi connectivity index (χ0n) is 15.9. The van der Waals surface area contributed by atoms with Gasteiger partial charge in [0.25, 0.3) is 0 Å². The fourth-order valence-corrected chi connectivity index (χ4v) is 4.25. The molecule has 1 aliphatic carbocycles. The Kier molecular flexibility index (Phi) is 6.39. The molecule has 0 saturated heterocycles. The monoisotopic (exact) mass is 347 g/mol. The van der Waals surface area contributed by atoms with E-state index in [0.717, 1.165) is 19.4 Å². The largest absolute Gasteiger partial charge is 0.465 e. The maximum Gasteiger partial charge on any atom is 0.337 e. The van der Waals surface area contributed by atoms with Gasteiger partial charge < -0.3 is 9.64 Å². The van der Waals surface area contributed by atoms with E-state index in [0.29, 0.717) is 18.0 Å². The highest BCUT2D eigenvalue weighted by Gasteiger charge is 2.34. The van der Waals surface area contributed by atoms with Crippen LogP contribution in [0.25, 0.3) is 0 Å². The number of benzene rings is 1. The number of carbonyl (C=O) groups excluding carboxylic acids is 1. The number of allylic oxidation sites excluding steroid dienone is 1. The summed E-state index contributed by atoms with van der Waals surface area (Å²) in [7, 11) is 3.32. The van der Waals surface area contributed by atoms with Crippen LogP contribution in [0.1, 0.15) is 55.5 Å². The molecule has 1 aliphatic rings. The summed E-state index contributed by atoms with van der Waals surface area (Å²) in [5, 5.41) is 0. The molecule has 1 aromatic rings. The Labute approximate surface area is 150 Å². The summed E-state index contributed by atoms with van der Waals surface area (Å²) in [6, 6.07) is 4.55. The Hall–Kier alpha value is -1.68. The first-order valence-corrected chi connectivity index (χ1v) is 8.98. The van der Waals surface area contributed by atoms with Crippen LogP contribution in [-0.4, -0.2) is 31.6 Å². The van der Waals surface area contributed by atoms with Gasteiger partial charge in [-0.25, -0.2) is 9.18 Å². The molecule has 2 unspecified atom stereocenters. The fourth-order valence-electron chi connectivity index (χ4n) is 4.25. The predicted octanol–water partition coefficient (Wildman–Crippen LogP) is 4.82. The standard InChI is InChI=1S/C21H30FNO2/c1-6-16-9-15(2)11-21(3,12-16)14-23(4)13-18-8-7-17(10-19(18)22)20(24)25-5/h7-8,10,16H,2,6,9,11-14H2,1,3-5H3. The third-order valence-corrected chi connectivity index (χ3v) is 5.18. The first kappa shape index (κ1) is 19.6. The zero-order chi connectivity index (χ0) is 18.6. The number of nitrogens with zero attached hydrogens (tertiary/aromatic N) is 1. The molecule has 0 radical (unpaired) electrons. The van der Waals surface area contributed by atoms with Gasteiger partial charge in [0.1, 0.15) is 5.82 Å². The molecular weight excluding hydrogens is 317 g/mol. The number of rotatable bonds is 6. The molecule has 0 spiro atoms. The fraction of sp³-hybridized carbons (Fsp3) is 0.571. The van der Waals surface area contributed by atoms with Crippen molar-refractivity contribution in [2.24, 2.45) is 11.3 Å². The molecule has 0 heterocycles. The van der Waals surface area contributed by atoms with Gasteiger partial charge in [-0.05, 0) is 49.8 Å². The molecule has 0 aromatic heterocycles. The van der Waals surface area contributed by atoms with Crippen molar-refractivity contribution in [2.45, 2.75) is 46.1 Å². The van der Waals surface area contributed by atoms with E-state index in [1.165, 1.54) is 31.6 Å².